The largest absolute Gasteiger partial charge is 0.495 e. The van der Waals surface area contributed by atoms with Crippen LogP contribution in [-0.4, -0.2) is 26.0 Å². The van der Waals surface area contributed by atoms with Crippen LogP contribution in [0.3, 0.4) is 0 Å². The van der Waals surface area contributed by atoms with E-state index in [1.165, 1.54) is 0 Å². The second-order valence-corrected chi connectivity index (χ2v) is 4.22. The molecule has 1 unspecified atom stereocenters. The summed E-state index contributed by atoms with van der Waals surface area (Å²) in [5.74, 6) is 1.32. The Kier molecular flexibility index (Phi) is 5.48. The summed E-state index contributed by atoms with van der Waals surface area (Å²) in [4.78, 5) is 11.8. The first-order valence-corrected chi connectivity index (χ1v) is 6.38. The molecular formula is C14H22N2O3. The molecule has 0 aliphatic rings. The molecule has 0 saturated heterocycles. The van der Waals surface area contributed by atoms with Gasteiger partial charge in [-0.2, -0.15) is 0 Å². The van der Waals surface area contributed by atoms with E-state index in [0.717, 1.165) is 0 Å². The van der Waals surface area contributed by atoms with Crippen LogP contribution < -0.4 is 20.5 Å². The molecule has 0 saturated carbocycles. The first-order valence-electron chi connectivity index (χ1n) is 6.38. The number of rotatable bonds is 7. The van der Waals surface area contributed by atoms with Crippen LogP contribution in [0.5, 0.6) is 11.5 Å². The Morgan fingerprint density at radius 1 is 1.26 bits per heavy atom. The van der Waals surface area contributed by atoms with E-state index >= 15 is 0 Å². The van der Waals surface area contributed by atoms with Crippen LogP contribution in [0.2, 0.25) is 0 Å². The number of nitrogens with one attached hydrogen (secondary N) is 1. The van der Waals surface area contributed by atoms with Gasteiger partial charge in [-0.1, -0.05) is 13.8 Å². The number of carbonyl (C=O) groups excluding carboxylic acids is 1. The molecule has 106 valence electrons. The van der Waals surface area contributed by atoms with Crippen molar-refractivity contribution in [2.75, 3.05) is 25.3 Å². The molecule has 0 bridgehead atoms. The van der Waals surface area contributed by atoms with E-state index in [1.54, 1.807) is 26.4 Å². The molecule has 0 aliphatic carbocycles. The van der Waals surface area contributed by atoms with Gasteiger partial charge < -0.3 is 20.5 Å². The van der Waals surface area contributed by atoms with Crippen LogP contribution in [0.25, 0.3) is 0 Å². The predicted molar refractivity (Wildman–Crippen MR) is 77.0 cm³/mol. The van der Waals surface area contributed by atoms with Crippen molar-refractivity contribution in [2.45, 2.75) is 32.7 Å². The fourth-order valence-corrected chi connectivity index (χ4v) is 1.88. The van der Waals surface area contributed by atoms with E-state index in [-0.39, 0.29) is 11.8 Å². The SMILES string of the molecule is CCC(=O)C(CC)Nc1cc(OC)c(N)cc1OC. The second-order valence-electron chi connectivity index (χ2n) is 4.22. The fourth-order valence-electron chi connectivity index (χ4n) is 1.88. The number of hydrogen-bond acceptors (Lipinski definition) is 5. The Hall–Kier alpha value is -1.91. The third-order valence-corrected chi connectivity index (χ3v) is 3.03. The lowest BCUT2D eigenvalue weighted by atomic mass is 10.1. The predicted octanol–water partition coefficient (Wildman–Crippen LogP) is 2.46. The highest BCUT2D eigenvalue weighted by Gasteiger charge is 2.17. The summed E-state index contributed by atoms with van der Waals surface area (Å²) in [5, 5.41) is 3.19. The molecule has 0 amide bonds. The number of carbonyl (C=O) groups is 1. The first-order chi connectivity index (χ1) is 9.07. The third-order valence-electron chi connectivity index (χ3n) is 3.03. The van der Waals surface area contributed by atoms with Crippen molar-refractivity contribution in [3.05, 3.63) is 12.1 Å². The normalized spacial score (nSPS) is 11.8. The van der Waals surface area contributed by atoms with Crippen molar-refractivity contribution in [1.82, 2.24) is 0 Å². The summed E-state index contributed by atoms with van der Waals surface area (Å²) in [6.07, 6.45) is 1.21. The summed E-state index contributed by atoms with van der Waals surface area (Å²) >= 11 is 0. The highest BCUT2D eigenvalue weighted by molar-refractivity contribution is 5.87. The molecule has 3 N–H and O–H groups in total. The maximum Gasteiger partial charge on any atom is 0.154 e. The quantitative estimate of drug-likeness (QED) is 0.742. The Morgan fingerprint density at radius 3 is 2.37 bits per heavy atom. The molecule has 1 rings (SSSR count). The molecular weight excluding hydrogens is 244 g/mol. The summed E-state index contributed by atoms with van der Waals surface area (Å²) < 4.78 is 10.5. The van der Waals surface area contributed by atoms with Crippen molar-refractivity contribution >= 4 is 17.2 Å². The Bertz CT molecular complexity index is 447. The van der Waals surface area contributed by atoms with E-state index < -0.39 is 0 Å². The van der Waals surface area contributed by atoms with E-state index in [1.807, 2.05) is 13.8 Å². The highest BCUT2D eigenvalue weighted by atomic mass is 16.5. The molecule has 0 aromatic heterocycles. The van der Waals surface area contributed by atoms with Crippen LogP contribution in [0.15, 0.2) is 12.1 Å². The van der Waals surface area contributed by atoms with Crippen molar-refractivity contribution < 1.29 is 14.3 Å². The lowest BCUT2D eigenvalue weighted by Crippen LogP contribution is -2.28. The van der Waals surface area contributed by atoms with E-state index in [2.05, 4.69) is 5.32 Å². The molecule has 0 spiro atoms. The molecule has 1 atom stereocenters. The molecule has 5 nitrogen and oxygen atoms in total. The summed E-state index contributed by atoms with van der Waals surface area (Å²) in [5.41, 5.74) is 7.04. The molecule has 1 aromatic carbocycles. The van der Waals surface area contributed by atoms with Crippen LogP contribution in [0, 0.1) is 0 Å². The van der Waals surface area contributed by atoms with Gasteiger partial charge in [0.2, 0.25) is 0 Å². The second kappa shape index (κ2) is 6.87. The minimum Gasteiger partial charge on any atom is -0.495 e. The molecule has 0 fully saturated rings. The lowest BCUT2D eigenvalue weighted by Gasteiger charge is -2.19. The summed E-state index contributed by atoms with van der Waals surface area (Å²) in [6.45, 7) is 3.82. The van der Waals surface area contributed by atoms with Crippen molar-refractivity contribution in [1.29, 1.82) is 0 Å². The zero-order valence-electron chi connectivity index (χ0n) is 11.9. The van der Waals surface area contributed by atoms with E-state index in [0.29, 0.717) is 35.7 Å². The Morgan fingerprint density at radius 2 is 1.89 bits per heavy atom. The number of benzene rings is 1. The maximum absolute atomic E-state index is 11.8. The van der Waals surface area contributed by atoms with Gasteiger partial charge >= 0.3 is 0 Å². The smallest absolute Gasteiger partial charge is 0.154 e. The number of ketones is 1. The van der Waals surface area contributed by atoms with Gasteiger partial charge in [-0.3, -0.25) is 4.79 Å². The van der Waals surface area contributed by atoms with Crippen molar-refractivity contribution in [3.8, 4) is 11.5 Å². The van der Waals surface area contributed by atoms with Gasteiger partial charge in [-0.15, -0.1) is 0 Å². The monoisotopic (exact) mass is 266 g/mol. The van der Waals surface area contributed by atoms with Crippen LogP contribution in [-0.2, 0) is 4.79 Å². The van der Waals surface area contributed by atoms with Gasteiger partial charge in [0.1, 0.15) is 11.5 Å². The number of anilines is 2. The molecule has 5 heteroatoms. The average Bonchev–Trinajstić information content (AvgIpc) is 2.44. The highest BCUT2D eigenvalue weighted by Crippen LogP contribution is 2.35. The van der Waals surface area contributed by atoms with Gasteiger partial charge in [0, 0.05) is 18.6 Å². The van der Waals surface area contributed by atoms with Crippen LogP contribution in [0.4, 0.5) is 11.4 Å². The van der Waals surface area contributed by atoms with Gasteiger partial charge in [0.05, 0.1) is 31.6 Å². The number of hydrogen-bond donors (Lipinski definition) is 2. The number of nitrogens with two attached hydrogens (primary N) is 1. The number of methoxy groups -OCH3 is 2. The van der Waals surface area contributed by atoms with Crippen molar-refractivity contribution in [3.63, 3.8) is 0 Å². The molecule has 0 heterocycles. The standard InChI is InChI=1S/C14H22N2O3/c1-5-10(12(17)6-2)16-11-8-13(18-3)9(15)7-14(11)19-4/h7-8,10,16H,5-6,15H2,1-4H3. The van der Waals surface area contributed by atoms with Gasteiger partial charge in [-0.05, 0) is 6.42 Å². The Balaban J connectivity index is 3.07. The average molecular weight is 266 g/mol. The maximum atomic E-state index is 11.8. The number of ether oxygens (including phenoxy) is 2. The number of nitrogen functional groups attached to an aromatic ring is 1. The molecule has 19 heavy (non-hydrogen) atoms. The van der Waals surface area contributed by atoms with Gasteiger partial charge in [-0.25, -0.2) is 0 Å². The zero-order chi connectivity index (χ0) is 14.4. The molecule has 0 radical (unpaired) electrons. The summed E-state index contributed by atoms with van der Waals surface area (Å²) in [6, 6.07) is 3.21. The van der Waals surface area contributed by atoms with Crippen LogP contribution >= 0.6 is 0 Å². The Labute approximate surface area is 114 Å². The van der Waals surface area contributed by atoms with Crippen LogP contribution in [0.1, 0.15) is 26.7 Å². The molecule has 1 aromatic rings. The first kappa shape index (κ1) is 15.1. The van der Waals surface area contributed by atoms with Gasteiger partial charge in [0.15, 0.2) is 5.78 Å². The van der Waals surface area contributed by atoms with Gasteiger partial charge in [0.25, 0.3) is 0 Å². The van der Waals surface area contributed by atoms with E-state index in [4.69, 9.17) is 15.2 Å². The minimum absolute atomic E-state index is 0.167. The summed E-state index contributed by atoms with van der Waals surface area (Å²) in [7, 11) is 3.12. The van der Waals surface area contributed by atoms with Crippen molar-refractivity contribution in [2.24, 2.45) is 0 Å². The zero-order valence-corrected chi connectivity index (χ0v) is 11.9. The number of Topliss-reactive ketones (excluding diaryl/α,β-unsaturated/α-hetero) is 1. The topological polar surface area (TPSA) is 73.6 Å². The molecule has 0 aliphatic heterocycles. The fraction of sp³-hybridized carbons (Fsp3) is 0.500. The minimum atomic E-state index is -0.229. The third kappa shape index (κ3) is 3.53. The van der Waals surface area contributed by atoms with E-state index in [9.17, 15) is 4.79 Å². The lowest BCUT2D eigenvalue weighted by molar-refractivity contribution is -0.119.